The van der Waals surface area contributed by atoms with Crippen LogP contribution in [0.5, 0.6) is 0 Å². The predicted molar refractivity (Wildman–Crippen MR) is 79.1 cm³/mol. The second kappa shape index (κ2) is 5.38. The Morgan fingerprint density at radius 2 is 1.79 bits per heavy atom. The largest absolute Gasteiger partial charge is 0.399 e. The van der Waals surface area contributed by atoms with Crippen molar-refractivity contribution in [2.24, 2.45) is 5.73 Å². The normalized spacial score (nSPS) is 10.2. The number of amides is 1. The molecule has 6 heteroatoms. The molecule has 0 aliphatic heterocycles. The Bertz CT molecular complexity index is 644. The molecule has 0 unspecified atom stereocenters. The predicted octanol–water partition coefficient (Wildman–Crippen LogP) is 3.42. The summed E-state index contributed by atoms with van der Waals surface area (Å²) in [4.78, 5) is 11.4. The molecule has 98 valence electrons. The third-order valence-electron chi connectivity index (χ3n) is 2.51. The van der Waals surface area contributed by atoms with Crippen LogP contribution < -0.4 is 16.8 Å². The van der Waals surface area contributed by atoms with Gasteiger partial charge >= 0.3 is 0 Å². The highest BCUT2D eigenvalue weighted by atomic mass is 35.5. The van der Waals surface area contributed by atoms with Crippen LogP contribution in [0.25, 0.3) is 0 Å². The van der Waals surface area contributed by atoms with Crippen LogP contribution in [-0.4, -0.2) is 5.91 Å². The van der Waals surface area contributed by atoms with Gasteiger partial charge in [0.2, 0.25) is 0 Å². The van der Waals surface area contributed by atoms with Crippen molar-refractivity contribution in [2.75, 3.05) is 11.1 Å². The van der Waals surface area contributed by atoms with Gasteiger partial charge in [-0.05, 0) is 36.4 Å². The monoisotopic (exact) mass is 295 g/mol. The van der Waals surface area contributed by atoms with Crippen LogP contribution in [0, 0.1) is 0 Å². The average Bonchev–Trinajstić information content (AvgIpc) is 2.33. The molecule has 5 N–H and O–H groups in total. The van der Waals surface area contributed by atoms with E-state index in [4.69, 9.17) is 34.7 Å². The van der Waals surface area contributed by atoms with Crippen molar-refractivity contribution >= 4 is 46.2 Å². The van der Waals surface area contributed by atoms with E-state index in [1.807, 2.05) is 0 Å². The fourth-order valence-corrected chi connectivity index (χ4v) is 1.96. The first-order valence-electron chi connectivity index (χ1n) is 5.39. The lowest BCUT2D eigenvalue weighted by Crippen LogP contribution is -2.13. The Morgan fingerprint density at radius 3 is 2.47 bits per heavy atom. The van der Waals surface area contributed by atoms with Crippen molar-refractivity contribution in [3.63, 3.8) is 0 Å². The minimum atomic E-state index is -0.556. The zero-order valence-corrected chi connectivity index (χ0v) is 11.3. The van der Waals surface area contributed by atoms with Crippen LogP contribution in [0.4, 0.5) is 17.1 Å². The quantitative estimate of drug-likeness (QED) is 0.759. The Labute approximate surface area is 120 Å². The van der Waals surface area contributed by atoms with Crippen molar-refractivity contribution < 1.29 is 4.79 Å². The molecular formula is C13H11Cl2N3O. The Balaban J connectivity index is 2.45. The van der Waals surface area contributed by atoms with E-state index in [0.717, 1.165) is 0 Å². The maximum Gasteiger partial charge on any atom is 0.250 e. The highest BCUT2D eigenvalue weighted by Gasteiger charge is 2.10. The van der Waals surface area contributed by atoms with E-state index in [-0.39, 0.29) is 0 Å². The maximum atomic E-state index is 11.4. The van der Waals surface area contributed by atoms with Gasteiger partial charge in [0.15, 0.2) is 0 Å². The summed E-state index contributed by atoms with van der Waals surface area (Å²) < 4.78 is 0. The maximum absolute atomic E-state index is 11.4. The highest BCUT2D eigenvalue weighted by molar-refractivity contribution is 6.33. The van der Waals surface area contributed by atoms with Crippen LogP contribution in [0.3, 0.4) is 0 Å². The van der Waals surface area contributed by atoms with Gasteiger partial charge < -0.3 is 16.8 Å². The van der Waals surface area contributed by atoms with Gasteiger partial charge in [-0.1, -0.05) is 23.2 Å². The summed E-state index contributed by atoms with van der Waals surface area (Å²) in [5.74, 6) is -0.556. The number of primary amides is 1. The number of rotatable bonds is 3. The Morgan fingerprint density at radius 1 is 1.05 bits per heavy atom. The van der Waals surface area contributed by atoms with Gasteiger partial charge in [0.1, 0.15) is 0 Å². The first kappa shape index (κ1) is 13.5. The molecule has 4 nitrogen and oxygen atoms in total. The summed E-state index contributed by atoms with van der Waals surface area (Å²) >= 11 is 12.0. The van der Waals surface area contributed by atoms with Crippen molar-refractivity contribution in [1.82, 2.24) is 0 Å². The molecule has 0 spiro atoms. The summed E-state index contributed by atoms with van der Waals surface area (Å²) in [6.45, 7) is 0. The second-order valence-corrected chi connectivity index (χ2v) is 4.76. The molecule has 0 aliphatic rings. The summed E-state index contributed by atoms with van der Waals surface area (Å²) in [6.07, 6.45) is 0. The van der Waals surface area contributed by atoms with Crippen molar-refractivity contribution in [1.29, 1.82) is 0 Å². The lowest BCUT2D eigenvalue weighted by atomic mass is 10.1. The number of carbonyl (C=O) groups is 1. The molecular weight excluding hydrogens is 285 g/mol. The van der Waals surface area contributed by atoms with Crippen LogP contribution in [0.1, 0.15) is 10.4 Å². The summed E-state index contributed by atoms with van der Waals surface area (Å²) in [7, 11) is 0. The van der Waals surface area contributed by atoms with Crippen molar-refractivity contribution in [3.8, 4) is 0 Å². The molecule has 0 heterocycles. The third kappa shape index (κ3) is 3.10. The number of nitrogens with one attached hydrogen (secondary N) is 1. The van der Waals surface area contributed by atoms with E-state index in [0.29, 0.717) is 32.7 Å². The molecule has 0 fully saturated rings. The molecule has 0 aliphatic carbocycles. The van der Waals surface area contributed by atoms with Gasteiger partial charge in [-0.2, -0.15) is 0 Å². The van der Waals surface area contributed by atoms with E-state index in [9.17, 15) is 4.79 Å². The number of nitrogen functional groups attached to an aromatic ring is 1. The van der Waals surface area contributed by atoms with E-state index in [2.05, 4.69) is 5.32 Å². The molecule has 2 rings (SSSR count). The summed E-state index contributed by atoms with van der Waals surface area (Å²) in [5.41, 5.74) is 12.9. The lowest BCUT2D eigenvalue weighted by Gasteiger charge is -2.12. The number of halogens is 2. The van der Waals surface area contributed by atoms with Crippen LogP contribution in [-0.2, 0) is 0 Å². The number of nitrogens with two attached hydrogens (primary N) is 2. The van der Waals surface area contributed by atoms with E-state index < -0.39 is 5.91 Å². The van der Waals surface area contributed by atoms with Crippen molar-refractivity contribution in [3.05, 3.63) is 52.0 Å². The van der Waals surface area contributed by atoms with Crippen LogP contribution >= 0.6 is 23.2 Å². The average molecular weight is 296 g/mol. The zero-order chi connectivity index (χ0) is 14.0. The molecule has 2 aromatic rings. The molecule has 0 bridgehead atoms. The van der Waals surface area contributed by atoms with Crippen LogP contribution in [0.2, 0.25) is 10.0 Å². The number of hydrogen-bond donors (Lipinski definition) is 3. The summed E-state index contributed by atoms with van der Waals surface area (Å²) in [6, 6.07) is 9.74. The fraction of sp³-hybridized carbons (Fsp3) is 0. The minimum absolute atomic E-state index is 0.322. The second-order valence-electron chi connectivity index (χ2n) is 3.92. The molecule has 19 heavy (non-hydrogen) atoms. The smallest absolute Gasteiger partial charge is 0.250 e. The molecule has 1 amide bonds. The standard InChI is InChI=1S/C13H11Cl2N3O/c14-7-1-3-9(13(17)19)11(5-7)18-12-6-8(16)2-4-10(12)15/h1-6,18H,16H2,(H2,17,19). The number of anilines is 3. The van der Waals surface area contributed by atoms with E-state index in [1.54, 1.807) is 36.4 Å². The lowest BCUT2D eigenvalue weighted by molar-refractivity contribution is 0.100. The minimum Gasteiger partial charge on any atom is -0.399 e. The zero-order valence-electron chi connectivity index (χ0n) is 9.78. The third-order valence-corrected chi connectivity index (χ3v) is 3.07. The van der Waals surface area contributed by atoms with Crippen LogP contribution in [0.15, 0.2) is 36.4 Å². The molecule has 0 saturated heterocycles. The number of hydrogen-bond acceptors (Lipinski definition) is 3. The molecule has 2 aromatic carbocycles. The number of carbonyl (C=O) groups excluding carboxylic acids is 1. The molecule has 0 radical (unpaired) electrons. The molecule has 0 saturated carbocycles. The molecule has 0 aromatic heterocycles. The van der Waals surface area contributed by atoms with Gasteiger partial charge in [-0.25, -0.2) is 0 Å². The van der Waals surface area contributed by atoms with Gasteiger partial charge in [0.05, 0.1) is 22.0 Å². The summed E-state index contributed by atoms with van der Waals surface area (Å²) in [5, 5.41) is 3.96. The highest BCUT2D eigenvalue weighted by Crippen LogP contribution is 2.30. The van der Waals surface area contributed by atoms with Gasteiger partial charge in [0.25, 0.3) is 5.91 Å². The first-order chi connectivity index (χ1) is 8.97. The van der Waals surface area contributed by atoms with Gasteiger partial charge in [0, 0.05) is 10.7 Å². The molecule has 0 atom stereocenters. The topological polar surface area (TPSA) is 81.1 Å². The van der Waals surface area contributed by atoms with E-state index in [1.165, 1.54) is 0 Å². The number of benzene rings is 2. The fourth-order valence-electron chi connectivity index (χ4n) is 1.62. The van der Waals surface area contributed by atoms with Gasteiger partial charge in [-0.15, -0.1) is 0 Å². The van der Waals surface area contributed by atoms with Gasteiger partial charge in [-0.3, -0.25) is 4.79 Å². The Hall–Kier alpha value is -1.91. The SMILES string of the molecule is NC(=O)c1ccc(Cl)cc1Nc1cc(N)ccc1Cl. The Kier molecular flexibility index (Phi) is 3.83. The first-order valence-corrected chi connectivity index (χ1v) is 6.14. The van der Waals surface area contributed by atoms with Crippen molar-refractivity contribution in [2.45, 2.75) is 0 Å². The van der Waals surface area contributed by atoms with E-state index >= 15 is 0 Å².